The number of aliphatic carboxylic acids is 1. The van der Waals surface area contributed by atoms with E-state index in [1.54, 1.807) is 21.1 Å². The third kappa shape index (κ3) is 13.8. The van der Waals surface area contributed by atoms with E-state index < -0.39 is 29.9 Å². The number of unbranched alkanes of at least 4 members (excludes halogenated alkanes) is 8. The van der Waals surface area contributed by atoms with Crippen LogP contribution in [-0.2, 0) is 9.59 Å². The van der Waals surface area contributed by atoms with Gasteiger partial charge in [-0.15, -0.1) is 0 Å². The van der Waals surface area contributed by atoms with Crippen LogP contribution in [0.1, 0.15) is 84.0 Å². The molecule has 2 unspecified atom stereocenters. The normalized spacial score (nSPS) is 15.3. The van der Waals surface area contributed by atoms with E-state index in [2.05, 4.69) is 6.92 Å². The van der Waals surface area contributed by atoms with Gasteiger partial charge >= 0.3 is 0 Å². The maximum atomic E-state index is 12.4. The molecule has 0 fully saturated rings. The van der Waals surface area contributed by atoms with Crippen molar-refractivity contribution in [2.24, 2.45) is 0 Å². The van der Waals surface area contributed by atoms with Gasteiger partial charge in [0.2, 0.25) is 0 Å². The highest BCUT2D eigenvalue weighted by Gasteiger charge is 2.41. The molecule has 160 valence electrons. The van der Waals surface area contributed by atoms with Crippen molar-refractivity contribution in [3.8, 4) is 0 Å². The van der Waals surface area contributed by atoms with Crippen molar-refractivity contribution < 1.29 is 29.4 Å². The number of hydrogen-bond acceptors (Lipinski definition) is 5. The summed E-state index contributed by atoms with van der Waals surface area (Å²) in [6.45, 7) is 2.17. The summed E-state index contributed by atoms with van der Waals surface area (Å²) in [5.74, 6) is -2.09. The average molecular weight is 388 g/mol. The molecule has 0 aromatic carbocycles. The summed E-state index contributed by atoms with van der Waals surface area (Å²) in [5.41, 5.74) is -2.00. The number of rotatable bonds is 17. The van der Waals surface area contributed by atoms with Gasteiger partial charge in [-0.25, -0.2) is 0 Å². The van der Waals surface area contributed by atoms with E-state index in [0.29, 0.717) is 6.42 Å². The highest BCUT2D eigenvalue weighted by molar-refractivity contribution is 5.91. The lowest BCUT2D eigenvalue weighted by Gasteiger charge is -2.35. The lowest BCUT2D eigenvalue weighted by atomic mass is 9.88. The van der Waals surface area contributed by atoms with E-state index in [1.807, 2.05) is 0 Å². The Kier molecular flexibility index (Phi) is 12.8. The third-order valence-electron chi connectivity index (χ3n) is 4.75. The summed E-state index contributed by atoms with van der Waals surface area (Å²) in [4.78, 5) is 23.4. The Morgan fingerprint density at radius 1 is 0.963 bits per heavy atom. The fourth-order valence-corrected chi connectivity index (χ4v) is 3.46. The van der Waals surface area contributed by atoms with Gasteiger partial charge in [-0.1, -0.05) is 64.7 Å². The predicted octanol–water partition coefficient (Wildman–Crippen LogP) is 1.80. The Labute approximate surface area is 165 Å². The molecule has 2 atom stereocenters. The zero-order valence-electron chi connectivity index (χ0n) is 17.8. The highest BCUT2D eigenvalue weighted by Crippen LogP contribution is 2.20. The van der Waals surface area contributed by atoms with E-state index >= 15 is 0 Å². The largest absolute Gasteiger partial charge is 0.550 e. The van der Waals surface area contributed by atoms with Crippen LogP contribution in [-0.4, -0.2) is 65.8 Å². The van der Waals surface area contributed by atoms with Crippen molar-refractivity contribution in [3.05, 3.63) is 0 Å². The Bertz CT molecular complexity index is 433. The lowest BCUT2D eigenvalue weighted by molar-refractivity contribution is -0.875. The number of aliphatic hydroxyl groups excluding tert-OH is 1. The zero-order chi connectivity index (χ0) is 20.9. The van der Waals surface area contributed by atoms with E-state index in [-0.39, 0.29) is 17.4 Å². The molecule has 2 N–H and O–H groups in total. The van der Waals surface area contributed by atoms with Crippen LogP contribution in [0.4, 0.5) is 0 Å². The molecule has 0 rings (SSSR count). The fraction of sp³-hybridized carbons (Fsp3) is 0.905. The second-order valence-electron chi connectivity index (χ2n) is 8.93. The lowest BCUT2D eigenvalue weighted by Crippen LogP contribution is -2.56. The first-order chi connectivity index (χ1) is 12.5. The monoisotopic (exact) mass is 387 g/mol. The molecule has 27 heavy (non-hydrogen) atoms. The van der Waals surface area contributed by atoms with Gasteiger partial charge in [-0.05, 0) is 6.42 Å². The van der Waals surface area contributed by atoms with Gasteiger partial charge < -0.3 is 24.6 Å². The van der Waals surface area contributed by atoms with Crippen molar-refractivity contribution >= 4 is 11.8 Å². The number of nitrogens with zero attached hydrogens (tertiary/aromatic N) is 1. The number of quaternary nitrogens is 1. The molecular weight excluding hydrogens is 346 g/mol. The van der Waals surface area contributed by atoms with Gasteiger partial charge in [-0.2, -0.15) is 0 Å². The number of aliphatic hydroxyl groups is 2. The standard InChI is InChI=1S/C21H41NO5/c1-5-6-7-8-9-10-11-12-13-14-18(23)15-19(24)21(27,16-20(25)26)17-22(2,3)4/h18,23,27H,5-17H2,1-4H3. The third-order valence-corrected chi connectivity index (χ3v) is 4.75. The molecule has 0 spiro atoms. The van der Waals surface area contributed by atoms with E-state index in [9.17, 15) is 24.9 Å². The zero-order valence-corrected chi connectivity index (χ0v) is 17.8. The molecule has 0 aromatic rings. The molecule has 0 radical (unpaired) electrons. The number of carbonyl (C=O) groups is 2. The SMILES string of the molecule is CCCCCCCCCCCC(O)CC(=O)C(O)(CC(=O)[O-])C[N+](C)(C)C. The van der Waals surface area contributed by atoms with Crippen molar-refractivity contribution in [1.29, 1.82) is 0 Å². The number of carboxylic acids is 1. The maximum Gasteiger partial charge on any atom is 0.177 e. The first kappa shape index (κ1) is 26.0. The molecule has 0 bridgehead atoms. The Morgan fingerprint density at radius 2 is 1.44 bits per heavy atom. The molecule has 0 saturated heterocycles. The molecule has 0 aliphatic rings. The topological polar surface area (TPSA) is 97.7 Å². The molecular formula is C21H41NO5. The summed E-state index contributed by atoms with van der Waals surface area (Å²) in [7, 11) is 5.31. The summed E-state index contributed by atoms with van der Waals surface area (Å²) < 4.78 is 0.240. The second kappa shape index (κ2) is 13.2. The molecule has 6 heteroatoms. The van der Waals surface area contributed by atoms with Crippen LogP contribution >= 0.6 is 0 Å². The van der Waals surface area contributed by atoms with Gasteiger partial charge in [-0.3, -0.25) is 4.79 Å². The van der Waals surface area contributed by atoms with Crippen molar-refractivity contribution in [1.82, 2.24) is 0 Å². The van der Waals surface area contributed by atoms with Crippen LogP contribution in [0.25, 0.3) is 0 Å². The minimum Gasteiger partial charge on any atom is -0.550 e. The van der Waals surface area contributed by atoms with Gasteiger partial charge in [0.15, 0.2) is 11.4 Å². The van der Waals surface area contributed by atoms with E-state index in [0.717, 1.165) is 19.3 Å². The predicted molar refractivity (Wildman–Crippen MR) is 105 cm³/mol. The van der Waals surface area contributed by atoms with Crippen LogP contribution in [0.2, 0.25) is 0 Å². The Hall–Kier alpha value is -0.980. The molecule has 0 amide bonds. The van der Waals surface area contributed by atoms with Gasteiger partial charge in [0.1, 0.15) is 6.54 Å². The summed E-state index contributed by atoms with van der Waals surface area (Å²) in [6, 6.07) is 0. The highest BCUT2D eigenvalue weighted by atomic mass is 16.4. The van der Waals surface area contributed by atoms with Crippen LogP contribution in [0.3, 0.4) is 0 Å². The summed E-state index contributed by atoms with van der Waals surface area (Å²) in [6.07, 6.45) is 9.26. The Morgan fingerprint density at radius 3 is 1.89 bits per heavy atom. The summed E-state index contributed by atoms with van der Waals surface area (Å²) in [5, 5.41) is 31.6. The molecule has 6 nitrogen and oxygen atoms in total. The molecule has 0 heterocycles. The van der Waals surface area contributed by atoms with Gasteiger partial charge in [0, 0.05) is 18.8 Å². The van der Waals surface area contributed by atoms with E-state index in [4.69, 9.17) is 0 Å². The molecule has 0 saturated carbocycles. The summed E-state index contributed by atoms with van der Waals surface area (Å²) >= 11 is 0. The van der Waals surface area contributed by atoms with E-state index in [1.165, 1.54) is 38.5 Å². The van der Waals surface area contributed by atoms with Crippen molar-refractivity contribution in [2.75, 3.05) is 27.7 Å². The minimum atomic E-state index is -2.00. The fourth-order valence-electron chi connectivity index (χ4n) is 3.46. The molecule has 0 aliphatic carbocycles. The average Bonchev–Trinajstić information content (AvgIpc) is 2.50. The number of hydrogen-bond donors (Lipinski definition) is 2. The molecule has 0 aliphatic heterocycles. The van der Waals surface area contributed by atoms with Crippen molar-refractivity contribution in [3.63, 3.8) is 0 Å². The first-order valence-electron chi connectivity index (χ1n) is 10.4. The number of carboxylic acid groups (broad SMARTS) is 1. The quantitative estimate of drug-likeness (QED) is 0.293. The molecule has 0 aromatic heterocycles. The minimum absolute atomic E-state index is 0.0371. The van der Waals surface area contributed by atoms with Gasteiger partial charge in [0.25, 0.3) is 0 Å². The van der Waals surface area contributed by atoms with Crippen molar-refractivity contribution in [2.45, 2.75) is 95.7 Å². The first-order valence-corrected chi connectivity index (χ1v) is 10.4. The number of Topliss-reactive ketones (excluding diaryl/α,β-unsaturated/α-hetero) is 1. The Balaban J connectivity index is 4.20. The number of carbonyl (C=O) groups excluding carboxylic acids is 2. The number of ketones is 1. The smallest absolute Gasteiger partial charge is 0.177 e. The van der Waals surface area contributed by atoms with Crippen LogP contribution < -0.4 is 5.11 Å². The maximum absolute atomic E-state index is 12.4. The van der Waals surface area contributed by atoms with Gasteiger partial charge in [0.05, 0.1) is 27.2 Å². The number of likely N-dealkylation sites (N-methyl/N-ethyl adjacent to an activating group) is 1. The van der Waals surface area contributed by atoms with Crippen LogP contribution in [0, 0.1) is 0 Å². The van der Waals surface area contributed by atoms with Crippen LogP contribution in [0.15, 0.2) is 0 Å². The second-order valence-corrected chi connectivity index (χ2v) is 8.93. The van der Waals surface area contributed by atoms with Crippen LogP contribution in [0.5, 0.6) is 0 Å².